The Bertz CT molecular complexity index is 1210. The molecule has 3 aliphatic rings. The SMILES string of the molecule is Cc1ccccc1C1=N[C@@]2(Cc3ccccc3N3CCc4ccccc4[C@@H]32)C(=O)O1. The molecular weight excluding hydrogens is 372 g/mol. The van der Waals surface area contributed by atoms with Gasteiger partial charge in [0, 0.05) is 24.2 Å². The number of carbonyl (C=O) groups excluding carboxylic acids is 1. The van der Waals surface area contributed by atoms with E-state index >= 15 is 0 Å². The van der Waals surface area contributed by atoms with E-state index in [1.165, 1.54) is 16.8 Å². The molecule has 0 aliphatic carbocycles. The van der Waals surface area contributed by atoms with E-state index in [2.05, 4.69) is 47.4 Å². The smallest absolute Gasteiger partial charge is 0.343 e. The van der Waals surface area contributed by atoms with E-state index in [0.29, 0.717) is 12.3 Å². The van der Waals surface area contributed by atoms with E-state index < -0.39 is 5.54 Å². The summed E-state index contributed by atoms with van der Waals surface area (Å²) in [6.07, 6.45) is 1.51. The first-order chi connectivity index (χ1) is 14.7. The van der Waals surface area contributed by atoms with Crippen LogP contribution in [0.25, 0.3) is 0 Å². The highest BCUT2D eigenvalue weighted by Gasteiger charge is 2.58. The fourth-order valence-corrected chi connectivity index (χ4v) is 5.31. The Kier molecular flexibility index (Phi) is 3.66. The molecule has 0 N–H and O–H groups in total. The summed E-state index contributed by atoms with van der Waals surface area (Å²) >= 11 is 0. The molecule has 148 valence electrons. The number of ether oxygens (including phenoxy) is 1. The number of fused-ring (bicyclic) bond motifs is 6. The minimum absolute atomic E-state index is 0.161. The first-order valence-corrected chi connectivity index (χ1v) is 10.5. The summed E-state index contributed by atoms with van der Waals surface area (Å²) in [6.45, 7) is 2.89. The van der Waals surface area contributed by atoms with Gasteiger partial charge in [0.25, 0.3) is 0 Å². The van der Waals surface area contributed by atoms with Crippen molar-refractivity contribution in [3.63, 3.8) is 0 Å². The van der Waals surface area contributed by atoms with Gasteiger partial charge in [0.1, 0.15) is 0 Å². The molecule has 0 saturated carbocycles. The molecule has 4 nitrogen and oxygen atoms in total. The highest BCUT2D eigenvalue weighted by molar-refractivity contribution is 6.09. The Hall–Kier alpha value is -3.40. The zero-order chi connectivity index (χ0) is 20.3. The molecule has 3 aliphatic heterocycles. The lowest BCUT2D eigenvalue weighted by atomic mass is 9.73. The number of cyclic esters (lactones) is 1. The van der Waals surface area contributed by atoms with Gasteiger partial charge in [-0.1, -0.05) is 60.7 Å². The van der Waals surface area contributed by atoms with E-state index in [1.807, 2.05) is 37.3 Å². The number of aryl methyl sites for hydroxylation is 1. The van der Waals surface area contributed by atoms with E-state index in [0.717, 1.165) is 29.7 Å². The topological polar surface area (TPSA) is 41.9 Å². The van der Waals surface area contributed by atoms with Crippen LogP contribution in [-0.2, 0) is 22.4 Å². The van der Waals surface area contributed by atoms with Gasteiger partial charge in [-0.2, -0.15) is 0 Å². The predicted octanol–water partition coefficient (Wildman–Crippen LogP) is 4.40. The maximum atomic E-state index is 13.6. The van der Waals surface area contributed by atoms with Crippen LogP contribution in [0.15, 0.2) is 77.8 Å². The van der Waals surface area contributed by atoms with Crippen LogP contribution in [0, 0.1) is 6.92 Å². The third-order valence-corrected chi connectivity index (χ3v) is 6.72. The summed E-state index contributed by atoms with van der Waals surface area (Å²) < 4.78 is 5.89. The number of esters is 1. The number of hydrogen-bond donors (Lipinski definition) is 0. The second-order valence-corrected chi connectivity index (χ2v) is 8.40. The number of hydrogen-bond acceptors (Lipinski definition) is 4. The summed E-state index contributed by atoms with van der Waals surface area (Å²) in [4.78, 5) is 21.0. The molecule has 0 saturated heterocycles. The van der Waals surface area contributed by atoms with Crippen molar-refractivity contribution >= 4 is 17.6 Å². The molecule has 0 amide bonds. The van der Waals surface area contributed by atoms with Gasteiger partial charge in [-0.15, -0.1) is 0 Å². The Morgan fingerprint density at radius 3 is 2.57 bits per heavy atom. The number of benzene rings is 3. The number of para-hydroxylation sites is 1. The van der Waals surface area contributed by atoms with Crippen LogP contribution < -0.4 is 4.90 Å². The lowest BCUT2D eigenvalue weighted by Crippen LogP contribution is -2.56. The lowest BCUT2D eigenvalue weighted by Gasteiger charge is -2.49. The Morgan fingerprint density at radius 2 is 1.70 bits per heavy atom. The Labute approximate surface area is 175 Å². The maximum Gasteiger partial charge on any atom is 0.343 e. The molecular formula is C26H22N2O2. The van der Waals surface area contributed by atoms with E-state index in [-0.39, 0.29) is 12.0 Å². The van der Waals surface area contributed by atoms with Crippen LogP contribution in [-0.4, -0.2) is 24.0 Å². The van der Waals surface area contributed by atoms with Crippen LogP contribution in [0.1, 0.15) is 33.9 Å². The molecule has 0 fully saturated rings. The largest absolute Gasteiger partial charge is 0.405 e. The highest BCUT2D eigenvalue weighted by Crippen LogP contribution is 2.51. The summed E-state index contributed by atoms with van der Waals surface area (Å²) in [5.41, 5.74) is 5.81. The average Bonchev–Trinajstić information content (AvgIpc) is 3.09. The van der Waals surface area contributed by atoms with Gasteiger partial charge in [-0.05, 0) is 47.7 Å². The van der Waals surface area contributed by atoms with Gasteiger partial charge in [0.2, 0.25) is 5.90 Å². The van der Waals surface area contributed by atoms with Crippen molar-refractivity contribution in [2.75, 3.05) is 11.4 Å². The zero-order valence-electron chi connectivity index (χ0n) is 16.8. The predicted molar refractivity (Wildman–Crippen MR) is 117 cm³/mol. The second kappa shape index (κ2) is 6.30. The molecule has 1 spiro atoms. The number of rotatable bonds is 1. The van der Waals surface area contributed by atoms with Crippen molar-refractivity contribution in [1.29, 1.82) is 0 Å². The van der Waals surface area contributed by atoms with Crippen molar-refractivity contribution in [2.45, 2.75) is 31.3 Å². The maximum absolute atomic E-state index is 13.6. The average molecular weight is 394 g/mol. The van der Waals surface area contributed by atoms with Gasteiger partial charge in [-0.3, -0.25) is 0 Å². The van der Waals surface area contributed by atoms with Crippen LogP contribution >= 0.6 is 0 Å². The summed E-state index contributed by atoms with van der Waals surface area (Å²) in [5, 5.41) is 0. The van der Waals surface area contributed by atoms with Gasteiger partial charge in [0.15, 0.2) is 5.54 Å². The lowest BCUT2D eigenvalue weighted by molar-refractivity contribution is -0.140. The molecule has 6 rings (SSSR count). The molecule has 3 aromatic rings. The molecule has 4 heteroatoms. The van der Waals surface area contributed by atoms with Crippen molar-refractivity contribution in [1.82, 2.24) is 0 Å². The monoisotopic (exact) mass is 394 g/mol. The Balaban J connectivity index is 1.59. The molecule has 0 aromatic heterocycles. The van der Waals surface area contributed by atoms with E-state index in [1.54, 1.807) is 0 Å². The Morgan fingerprint density at radius 1 is 0.967 bits per heavy atom. The molecule has 2 atom stereocenters. The first-order valence-electron chi connectivity index (χ1n) is 10.5. The minimum Gasteiger partial charge on any atom is -0.405 e. The molecule has 3 heterocycles. The fourth-order valence-electron chi connectivity index (χ4n) is 5.31. The van der Waals surface area contributed by atoms with Crippen molar-refractivity contribution in [3.8, 4) is 0 Å². The summed E-state index contributed by atoms with van der Waals surface area (Å²) in [7, 11) is 0. The van der Waals surface area contributed by atoms with Crippen LogP contribution in [0.3, 0.4) is 0 Å². The number of carbonyl (C=O) groups is 1. The normalized spacial score (nSPS) is 24.0. The third-order valence-electron chi connectivity index (χ3n) is 6.72. The van der Waals surface area contributed by atoms with Crippen LogP contribution in [0.2, 0.25) is 0 Å². The van der Waals surface area contributed by atoms with E-state index in [9.17, 15) is 4.79 Å². The van der Waals surface area contributed by atoms with Crippen LogP contribution in [0.5, 0.6) is 0 Å². The van der Waals surface area contributed by atoms with Crippen molar-refractivity contribution in [3.05, 3.63) is 101 Å². The number of aliphatic imine (C=N–C) groups is 1. The molecule has 30 heavy (non-hydrogen) atoms. The summed E-state index contributed by atoms with van der Waals surface area (Å²) in [5.74, 6) is 0.197. The molecule has 3 aromatic carbocycles. The first kappa shape index (κ1) is 17.5. The standard InChI is InChI=1S/C26H22N2O2/c1-17-8-2-5-11-20(17)24-27-26(25(29)30-24)16-19-10-4-7-13-22(19)28-15-14-18-9-3-6-12-21(18)23(26)28/h2-13,23H,14-16H2,1H3/t23-,26-/m1/s1. The van der Waals surface area contributed by atoms with Crippen molar-refractivity contribution < 1.29 is 9.53 Å². The van der Waals surface area contributed by atoms with Gasteiger partial charge in [0.05, 0.1) is 6.04 Å². The van der Waals surface area contributed by atoms with E-state index in [4.69, 9.17) is 9.73 Å². The second-order valence-electron chi connectivity index (χ2n) is 8.40. The van der Waals surface area contributed by atoms with Crippen LogP contribution in [0.4, 0.5) is 5.69 Å². The fraction of sp³-hybridized carbons (Fsp3) is 0.231. The van der Waals surface area contributed by atoms with Gasteiger partial charge < -0.3 is 9.64 Å². The minimum atomic E-state index is -0.970. The molecule has 0 unspecified atom stereocenters. The number of nitrogens with zero attached hydrogens (tertiary/aromatic N) is 2. The highest BCUT2D eigenvalue weighted by atomic mass is 16.6. The third kappa shape index (κ3) is 2.34. The van der Waals surface area contributed by atoms with Gasteiger partial charge in [-0.25, -0.2) is 9.79 Å². The van der Waals surface area contributed by atoms with Gasteiger partial charge >= 0.3 is 5.97 Å². The molecule has 0 radical (unpaired) electrons. The molecule has 0 bridgehead atoms. The van der Waals surface area contributed by atoms with Crippen molar-refractivity contribution in [2.24, 2.45) is 4.99 Å². The quantitative estimate of drug-likeness (QED) is 0.575. The number of anilines is 1. The zero-order valence-corrected chi connectivity index (χ0v) is 16.8. The summed E-state index contributed by atoms with van der Waals surface area (Å²) in [6, 6.07) is 24.6.